The summed E-state index contributed by atoms with van der Waals surface area (Å²) in [4.78, 5) is 0. The average Bonchev–Trinajstić information content (AvgIpc) is 1.65. The number of thiol groups is 1. The van der Waals surface area contributed by atoms with Gasteiger partial charge in [0.1, 0.15) is 0 Å². The fourth-order valence-electron chi connectivity index (χ4n) is 0. The highest BCUT2D eigenvalue weighted by Gasteiger charge is 1.57. The van der Waals surface area contributed by atoms with Gasteiger partial charge < -0.3 is 0 Å². The van der Waals surface area contributed by atoms with E-state index in [1.807, 2.05) is 0 Å². The van der Waals surface area contributed by atoms with Crippen molar-refractivity contribution in [1.82, 2.24) is 0 Å². The third kappa shape index (κ3) is 157. The van der Waals surface area contributed by atoms with Crippen LogP contribution >= 0.6 is 12.6 Å². The molecule has 3 nitrogen and oxygen atoms in total. The summed E-state index contributed by atoms with van der Waals surface area (Å²) in [6, 6.07) is 0. The van der Waals surface area contributed by atoms with Gasteiger partial charge in [0.2, 0.25) is 0 Å². The maximum atomic E-state index is 8.44. The molecule has 0 aromatic rings. The first-order chi connectivity index (χ1) is 3.65. The Kier molecular flexibility index (Phi) is 13.7. The Morgan fingerprint density at radius 1 is 1.38 bits per heavy atom. The standard InChI is InChI=1S/C3H8S.O3S/c1-2-3-4;1-4(2)3/h4H,2-3H2,1H3;. The van der Waals surface area contributed by atoms with Crippen molar-refractivity contribution < 1.29 is 12.6 Å². The Morgan fingerprint density at radius 2 is 1.50 bits per heavy atom. The average molecular weight is 156 g/mol. The summed E-state index contributed by atoms with van der Waals surface area (Å²) >= 11 is 3.92. The summed E-state index contributed by atoms with van der Waals surface area (Å²) in [7, 11) is -3.11. The van der Waals surface area contributed by atoms with Gasteiger partial charge in [-0.15, -0.1) is 12.6 Å². The van der Waals surface area contributed by atoms with Crippen LogP contribution in [0.2, 0.25) is 0 Å². The van der Waals surface area contributed by atoms with Crippen molar-refractivity contribution in [3.05, 3.63) is 0 Å². The van der Waals surface area contributed by atoms with Crippen LogP contribution in [0.1, 0.15) is 13.3 Å². The van der Waals surface area contributed by atoms with Gasteiger partial charge in [-0.25, -0.2) is 0 Å². The molecule has 8 heavy (non-hydrogen) atoms. The van der Waals surface area contributed by atoms with E-state index in [9.17, 15) is 0 Å². The Bertz CT molecular complexity index is 102. The normalized spacial score (nSPS) is 6.75. The van der Waals surface area contributed by atoms with Crippen LogP contribution in [0.15, 0.2) is 0 Å². The third-order valence-electron chi connectivity index (χ3n) is 0.224. The molecule has 5 heteroatoms. The lowest BCUT2D eigenvalue weighted by molar-refractivity contribution is 0.559. The molecule has 0 radical (unpaired) electrons. The zero-order valence-electron chi connectivity index (χ0n) is 4.49. The lowest BCUT2D eigenvalue weighted by atomic mass is 10.6. The minimum absolute atomic E-state index is 1.01. The van der Waals surface area contributed by atoms with Gasteiger partial charge in [0, 0.05) is 0 Å². The summed E-state index contributed by atoms with van der Waals surface area (Å²) in [6.07, 6.45) is 1.18. The van der Waals surface area contributed by atoms with E-state index >= 15 is 0 Å². The molecule has 0 bridgehead atoms. The Balaban J connectivity index is 0. The smallest absolute Gasteiger partial charge is 0.179 e. The van der Waals surface area contributed by atoms with Crippen LogP contribution in [-0.4, -0.2) is 18.4 Å². The van der Waals surface area contributed by atoms with Crippen LogP contribution in [0.5, 0.6) is 0 Å². The van der Waals surface area contributed by atoms with Crippen LogP contribution in [0.4, 0.5) is 0 Å². The van der Waals surface area contributed by atoms with Gasteiger partial charge in [0.25, 0.3) is 0 Å². The molecule has 0 amide bonds. The summed E-state index contributed by atoms with van der Waals surface area (Å²) < 4.78 is 25.3. The molecule has 0 fully saturated rings. The van der Waals surface area contributed by atoms with Gasteiger partial charge in [0.15, 0.2) is 0 Å². The van der Waals surface area contributed by atoms with Crippen LogP contribution in [0, 0.1) is 0 Å². The first-order valence-corrected chi connectivity index (χ1v) is 3.66. The quantitative estimate of drug-likeness (QED) is 0.556. The van der Waals surface area contributed by atoms with E-state index in [0.717, 1.165) is 5.75 Å². The van der Waals surface area contributed by atoms with Crippen molar-refractivity contribution in [2.75, 3.05) is 5.75 Å². The van der Waals surface area contributed by atoms with Crippen LogP contribution in [0.3, 0.4) is 0 Å². The highest BCUT2D eigenvalue weighted by molar-refractivity contribution is 7.80. The number of rotatable bonds is 1. The second kappa shape index (κ2) is 10.1. The fourth-order valence-corrected chi connectivity index (χ4v) is 0. The van der Waals surface area contributed by atoms with E-state index < -0.39 is 10.6 Å². The van der Waals surface area contributed by atoms with E-state index in [1.54, 1.807) is 0 Å². The number of hydrogen-bond acceptors (Lipinski definition) is 4. The van der Waals surface area contributed by atoms with Gasteiger partial charge in [0.05, 0.1) is 0 Å². The highest BCUT2D eigenvalue weighted by atomic mass is 32.2. The molecular formula is C3H8O3S2. The minimum Gasteiger partial charge on any atom is -0.179 e. The molecule has 0 aliphatic carbocycles. The minimum atomic E-state index is -3.11. The molecule has 50 valence electrons. The van der Waals surface area contributed by atoms with Crippen molar-refractivity contribution in [2.24, 2.45) is 0 Å². The molecule has 0 aliphatic heterocycles. The van der Waals surface area contributed by atoms with Gasteiger partial charge in [-0.05, 0) is 12.2 Å². The van der Waals surface area contributed by atoms with Gasteiger partial charge >= 0.3 is 10.6 Å². The largest absolute Gasteiger partial charge is 0.425 e. The molecule has 0 heterocycles. The second-order valence-corrected chi connectivity index (χ2v) is 1.78. The summed E-state index contributed by atoms with van der Waals surface area (Å²) in [5, 5.41) is 0. The second-order valence-electron chi connectivity index (χ2n) is 0.928. The van der Waals surface area contributed by atoms with Crippen LogP contribution in [0.25, 0.3) is 0 Å². The highest BCUT2D eigenvalue weighted by Crippen LogP contribution is 1.74. The molecule has 0 N–H and O–H groups in total. The Hall–Kier alpha value is -0.0300. The van der Waals surface area contributed by atoms with Crippen LogP contribution in [-0.2, 0) is 10.6 Å². The summed E-state index contributed by atoms with van der Waals surface area (Å²) in [5.41, 5.74) is 0. The monoisotopic (exact) mass is 156 g/mol. The number of hydrogen-bond donors (Lipinski definition) is 1. The SMILES string of the molecule is CCCS.O=S(=O)=O. The molecule has 0 spiro atoms. The van der Waals surface area contributed by atoms with E-state index in [2.05, 4.69) is 19.6 Å². The predicted molar refractivity (Wildman–Crippen MR) is 33.8 cm³/mol. The Labute approximate surface area is 55.6 Å². The molecule has 0 aliphatic rings. The molecule has 0 aromatic carbocycles. The van der Waals surface area contributed by atoms with Crippen molar-refractivity contribution in [2.45, 2.75) is 13.3 Å². The topological polar surface area (TPSA) is 51.2 Å². The molecule has 0 unspecified atom stereocenters. The van der Waals surface area contributed by atoms with E-state index in [4.69, 9.17) is 12.6 Å². The predicted octanol–water partition coefficient (Wildman–Crippen LogP) is 0.322. The molecular weight excluding hydrogens is 148 g/mol. The van der Waals surface area contributed by atoms with Crippen molar-refractivity contribution in [1.29, 1.82) is 0 Å². The van der Waals surface area contributed by atoms with E-state index in [-0.39, 0.29) is 0 Å². The molecule has 0 rings (SSSR count). The maximum Gasteiger partial charge on any atom is 0.425 e. The fraction of sp³-hybridized carbons (Fsp3) is 1.00. The molecule has 0 saturated carbocycles. The lowest BCUT2D eigenvalue weighted by Crippen LogP contribution is -1.56. The molecule has 0 saturated heterocycles. The zero-order valence-corrected chi connectivity index (χ0v) is 6.21. The maximum absolute atomic E-state index is 8.44. The zero-order chi connectivity index (χ0) is 6.99. The summed E-state index contributed by atoms with van der Waals surface area (Å²) in [6.45, 7) is 2.10. The first kappa shape index (κ1) is 10.9. The van der Waals surface area contributed by atoms with Crippen molar-refractivity contribution in [3.8, 4) is 0 Å². The van der Waals surface area contributed by atoms with Crippen molar-refractivity contribution in [3.63, 3.8) is 0 Å². The first-order valence-electron chi connectivity index (χ1n) is 2.02. The van der Waals surface area contributed by atoms with Gasteiger partial charge in [-0.2, -0.15) is 12.6 Å². The molecule has 0 atom stereocenters. The van der Waals surface area contributed by atoms with E-state index in [0.29, 0.717) is 0 Å². The lowest BCUT2D eigenvalue weighted by Gasteiger charge is -1.67. The molecule has 0 aromatic heterocycles. The summed E-state index contributed by atoms with van der Waals surface area (Å²) in [5.74, 6) is 1.01. The van der Waals surface area contributed by atoms with E-state index in [1.165, 1.54) is 6.42 Å². The van der Waals surface area contributed by atoms with Crippen molar-refractivity contribution >= 4 is 23.2 Å². The Morgan fingerprint density at radius 3 is 1.50 bits per heavy atom. The van der Waals surface area contributed by atoms with Gasteiger partial charge in [-0.3, -0.25) is 0 Å². The van der Waals surface area contributed by atoms with Gasteiger partial charge in [-0.1, -0.05) is 6.92 Å². The third-order valence-corrected chi connectivity index (χ3v) is 0.671. The van der Waals surface area contributed by atoms with Crippen LogP contribution < -0.4 is 0 Å².